The lowest BCUT2D eigenvalue weighted by molar-refractivity contribution is 0.0547. The smallest absolute Gasteiger partial charge is 0.231 e. The van der Waals surface area contributed by atoms with Crippen LogP contribution in [0.4, 0.5) is 17.8 Å². The van der Waals surface area contributed by atoms with Gasteiger partial charge in [-0.15, -0.1) is 0 Å². The third kappa shape index (κ3) is 8.65. The van der Waals surface area contributed by atoms with Crippen LogP contribution < -0.4 is 21.3 Å². The summed E-state index contributed by atoms with van der Waals surface area (Å²) in [5.41, 5.74) is 5.37. The number of aromatic nitrogens is 3. The predicted octanol–water partition coefficient (Wildman–Crippen LogP) is 0.695. The average Bonchev–Trinajstić information content (AvgIpc) is 2.74. The minimum absolute atomic E-state index is 0.0191. The Kier molecular flexibility index (Phi) is 10.9. The van der Waals surface area contributed by atoms with Crippen molar-refractivity contribution in [2.75, 3.05) is 74.7 Å². The number of nitrogens with one attached hydrogen (secondary N) is 2. The highest BCUT2D eigenvalue weighted by atomic mass is 16.5. The van der Waals surface area contributed by atoms with E-state index in [1.54, 1.807) is 0 Å². The van der Waals surface area contributed by atoms with Gasteiger partial charge in [0.2, 0.25) is 17.8 Å². The number of aliphatic hydroxyl groups is 1. The van der Waals surface area contributed by atoms with Crippen LogP contribution in [0.5, 0.6) is 0 Å². The summed E-state index contributed by atoms with van der Waals surface area (Å²) in [6, 6.07) is -0.115. The molecule has 10 nitrogen and oxygen atoms in total. The first kappa shape index (κ1) is 23.5. The molecule has 29 heavy (non-hydrogen) atoms. The van der Waals surface area contributed by atoms with Crippen LogP contribution in [0.2, 0.25) is 0 Å². The standard InChI is InChI=1S/C19H37N7O3/c1-15(2)16(14-27)22-18-23-17(21-7-11-29-13-12-28-10-6-20)24-19(25-18)26-8-4-3-5-9-26/h15-16,27H,3-14,20H2,1-2H3,(H2,21,22,23,24,25)/t16-/m0/s1. The van der Waals surface area contributed by atoms with E-state index in [2.05, 4.69) is 30.5 Å². The number of nitrogens with zero attached hydrogens (tertiary/aromatic N) is 4. The molecule has 1 aromatic heterocycles. The zero-order valence-corrected chi connectivity index (χ0v) is 17.8. The number of hydrogen-bond acceptors (Lipinski definition) is 10. The third-order valence-corrected chi connectivity index (χ3v) is 4.74. The Labute approximate surface area is 173 Å². The molecule has 5 N–H and O–H groups in total. The lowest BCUT2D eigenvalue weighted by Crippen LogP contribution is -2.33. The van der Waals surface area contributed by atoms with Gasteiger partial charge in [0.05, 0.1) is 39.1 Å². The van der Waals surface area contributed by atoms with Gasteiger partial charge in [-0.05, 0) is 25.2 Å². The lowest BCUT2D eigenvalue weighted by Gasteiger charge is -2.27. The van der Waals surface area contributed by atoms with Gasteiger partial charge in [0.25, 0.3) is 0 Å². The molecule has 0 spiro atoms. The minimum Gasteiger partial charge on any atom is -0.394 e. The molecule has 1 atom stereocenters. The summed E-state index contributed by atoms with van der Waals surface area (Å²) in [4.78, 5) is 15.9. The van der Waals surface area contributed by atoms with Crippen molar-refractivity contribution < 1.29 is 14.6 Å². The number of ether oxygens (including phenoxy) is 2. The van der Waals surface area contributed by atoms with E-state index in [1.807, 2.05) is 13.8 Å². The minimum atomic E-state index is -0.115. The lowest BCUT2D eigenvalue weighted by atomic mass is 10.1. The fraction of sp³-hybridized carbons (Fsp3) is 0.842. The van der Waals surface area contributed by atoms with Crippen molar-refractivity contribution in [3.8, 4) is 0 Å². The highest BCUT2D eigenvalue weighted by Crippen LogP contribution is 2.19. The van der Waals surface area contributed by atoms with Gasteiger partial charge in [-0.3, -0.25) is 0 Å². The Morgan fingerprint density at radius 3 is 2.34 bits per heavy atom. The maximum absolute atomic E-state index is 9.63. The SMILES string of the molecule is CC(C)[C@H](CO)Nc1nc(NCCOCCOCCN)nc(N2CCCCC2)n1. The summed E-state index contributed by atoms with van der Waals surface area (Å²) in [6.07, 6.45) is 3.52. The Morgan fingerprint density at radius 2 is 1.69 bits per heavy atom. The van der Waals surface area contributed by atoms with Crippen molar-refractivity contribution in [2.45, 2.75) is 39.2 Å². The van der Waals surface area contributed by atoms with E-state index < -0.39 is 0 Å². The van der Waals surface area contributed by atoms with Crippen molar-refractivity contribution in [3.63, 3.8) is 0 Å². The number of nitrogens with two attached hydrogens (primary N) is 1. The van der Waals surface area contributed by atoms with E-state index in [0.717, 1.165) is 25.9 Å². The first-order chi connectivity index (χ1) is 14.1. The Balaban J connectivity index is 1.94. The van der Waals surface area contributed by atoms with Crippen LogP contribution in [-0.4, -0.2) is 85.3 Å². The maximum Gasteiger partial charge on any atom is 0.231 e. The largest absolute Gasteiger partial charge is 0.394 e. The Hall–Kier alpha value is -1.75. The topological polar surface area (TPSA) is 131 Å². The summed E-state index contributed by atoms with van der Waals surface area (Å²) in [7, 11) is 0. The second-order valence-corrected chi connectivity index (χ2v) is 7.45. The molecular weight excluding hydrogens is 374 g/mol. The molecule has 1 aliphatic heterocycles. The van der Waals surface area contributed by atoms with Gasteiger partial charge in [-0.25, -0.2) is 0 Å². The maximum atomic E-state index is 9.63. The number of aliphatic hydroxyl groups excluding tert-OH is 1. The van der Waals surface area contributed by atoms with Crippen LogP contribution in [0.15, 0.2) is 0 Å². The molecule has 166 valence electrons. The van der Waals surface area contributed by atoms with Crippen LogP contribution in [0, 0.1) is 5.92 Å². The van der Waals surface area contributed by atoms with Crippen molar-refractivity contribution in [1.29, 1.82) is 0 Å². The van der Waals surface area contributed by atoms with E-state index in [0.29, 0.717) is 57.4 Å². The monoisotopic (exact) mass is 411 g/mol. The zero-order chi connectivity index (χ0) is 20.9. The molecule has 0 bridgehead atoms. The Morgan fingerprint density at radius 1 is 1.00 bits per heavy atom. The molecular formula is C19H37N7O3. The van der Waals surface area contributed by atoms with Gasteiger partial charge in [-0.2, -0.15) is 15.0 Å². The van der Waals surface area contributed by atoms with E-state index in [1.165, 1.54) is 6.42 Å². The van der Waals surface area contributed by atoms with E-state index in [9.17, 15) is 5.11 Å². The quantitative estimate of drug-likeness (QED) is 0.324. The second kappa shape index (κ2) is 13.5. The summed E-state index contributed by atoms with van der Waals surface area (Å²) >= 11 is 0. The molecule has 2 rings (SSSR count). The molecule has 0 aromatic carbocycles. The van der Waals surface area contributed by atoms with Crippen LogP contribution in [0.25, 0.3) is 0 Å². The van der Waals surface area contributed by atoms with Gasteiger partial charge in [0.1, 0.15) is 0 Å². The summed E-state index contributed by atoms with van der Waals surface area (Å²) < 4.78 is 10.8. The molecule has 1 saturated heterocycles. The highest BCUT2D eigenvalue weighted by molar-refractivity contribution is 5.44. The van der Waals surface area contributed by atoms with Crippen LogP contribution >= 0.6 is 0 Å². The van der Waals surface area contributed by atoms with Gasteiger partial charge in [0, 0.05) is 26.2 Å². The summed E-state index contributed by atoms with van der Waals surface area (Å²) in [6.45, 7) is 9.24. The van der Waals surface area contributed by atoms with Gasteiger partial charge in [-0.1, -0.05) is 13.8 Å². The van der Waals surface area contributed by atoms with Gasteiger partial charge in [0.15, 0.2) is 0 Å². The number of hydrogen-bond donors (Lipinski definition) is 4. The van der Waals surface area contributed by atoms with Crippen LogP contribution in [0.1, 0.15) is 33.1 Å². The first-order valence-corrected chi connectivity index (χ1v) is 10.6. The highest BCUT2D eigenvalue weighted by Gasteiger charge is 2.19. The van der Waals surface area contributed by atoms with Gasteiger partial charge < -0.3 is 35.8 Å². The van der Waals surface area contributed by atoms with Crippen LogP contribution in [0.3, 0.4) is 0 Å². The molecule has 1 aliphatic rings. The molecule has 0 aliphatic carbocycles. The van der Waals surface area contributed by atoms with Crippen molar-refractivity contribution in [1.82, 2.24) is 15.0 Å². The second-order valence-electron chi connectivity index (χ2n) is 7.45. The van der Waals surface area contributed by atoms with E-state index in [-0.39, 0.29) is 18.6 Å². The summed E-state index contributed by atoms with van der Waals surface area (Å²) in [5.74, 6) is 1.90. The van der Waals surface area contributed by atoms with Crippen molar-refractivity contribution in [2.24, 2.45) is 11.7 Å². The van der Waals surface area contributed by atoms with Crippen LogP contribution in [-0.2, 0) is 9.47 Å². The summed E-state index contributed by atoms with van der Waals surface area (Å²) in [5, 5.41) is 16.1. The molecule has 10 heteroatoms. The normalized spacial score (nSPS) is 15.6. The molecule has 2 heterocycles. The number of anilines is 3. The average molecular weight is 412 g/mol. The van der Waals surface area contributed by atoms with Gasteiger partial charge >= 0.3 is 0 Å². The molecule has 0 saturated carbocycles. The fourth-order valence-electron chi connectivity index (χ4n) is 2.97. The number of rotatable bonds is 14. The third-order valence-electron chi connectivity index (χ3n) is 4.74. The Bertz CT molecular complexity index is 571. The zero-order valence-electron chi connectivity index (χ0n) is 17.8. The molecule has 1 fully saturated rings. The van der Waals surface area contributed by atoms with E-state index >= 15 is 0 Å². The molecule has 0 unspecified atom stereocenters. The first-order valence-electron chi connectivity index (χ1n) is 10.6. The van der Waals surface area contributed by atoms with Crippen molar-refractivity contribution in [3.05, 3.63) is 0 Å². The molecule has 0 amide bonds. The van der Waals surface area contributed by atoms with Crippen molar-refractivity contribution >= 4 is 17.8 Å². The van der Waals surface area contributed by atoms with E-state index in [4.69, 9.17) is 15.2 Å². The molecule has 0 radical (unpaired) electrons. The number of piperidine rings is 1. The predicted molar refractivity (Wildman–Crippen MR) is 114 cm³/mol. The fourth-order valence-corrected chi connectivity index (χ4v) is 2.97. The molecule has 1 aromatic rings.